The van der Waals surface area contributed by atoms with Gasteiger partial charge in [0.1, 0.15) is 11.4 Å². The number of anilines is 1. The van der Waals surface area contributed by atoms with Crippen LogP contribution in [0.2, 0.25) is 0 Å². The molecule has 1 fully saturated rings. The molecule has 0 saturated carbocycles. The van der Waals surface area contributed by atoms with Crippen molar-refractivity contribution in [1.29, 1.82) is 0 Å². The summed E-state index contributed by atoms with van der Waals surface area (Å²) in [6, 6.07) is 2.82. The number of piperidine rings is 1. The maximum absolute atomic E-state index is 14.2. The van der Waals surface area contributed by atoms with Gasteiger partial charge in [-0.05, 0) is 44.4 Å². The molecule has 2 aromatic rings. The number of nitrogens with zero attached hydrogens (tertiary/aromatic N) is 2. The Kier molecular flexibility index (Phi) is 6.35. The fourth-order valence-electron chi connectivity index (χ4n) is 3.79. The highest BCUT2D eigenvalue weighted by Gasteiger charge is 2.28. The lowest BCUT2D eigenvalue weighted by molar-refractivity contribution is -0.124. The van der Waals surface area contributed by atoms with Gasteiger partial charge in [-0.15, -0.1) is 0 Å². The Hall–Kier alpha value is -2.70. The van der Waals surface area contributed by atoms with E-state index in [2.05, 4.69) is 10.3 Å². The molecule has 1 aliphatic heterocycles. The van der Waals surface area contributed by atoms with Crippen molar-refractivity contribution in [1.82, 2.24) is 10.3 Å². The molecular weight excluding hydrogens is 373 g/mol. The Morgan fingerprint density at radius 3 is 2.83 bits per heavy atom. The van der Waals surface area contributed by atoms with Gasteiger partial charge in [-0.1, -0.05) is 13.8 Å². The minimum Gasteiger partial charge on any atom is -0.462 e. The Balaban J connectivity index is 2.06. The molecule has 2 heterocycles. The van der Waals surface area contributed by atoms with E-state index >= 15 is 0 Å². The monoisotopic (exact) mass is 401 g/mol. The Morgan fingerprint density at radius 1 is 1.38 bits per heavy atom. The molecule has 1 amide bonds. The second-order valence-electron chi connectivity index (χ2n) is 7.81. The van der Waals surface area contributed by atoms with E-state index < -0.39 is 5.97 Å². The minimum atomic E-state index is -0.479. The number of hydrogen-bond acceptors (Lipinski definition) is 5. The van der Waals surface area contributed by atoms with E-state index in [9.17, 15) is 14.0 Å². The first-order chi connectivity index (χ1) is 13.8. The van der Waals surface area contributed by atoms with E-state index in [0.717, 1.165) is 12.8 Å². The predicted octanol–water partition coefficient (Wildman–Crippen LogP) is 3.60. The second kappa shape index (κ2) is 8.76. The molecule has 29 heavy (non-hydrogen) atoms. The number of pyridine rings is 1. The summed E-state index contributed by atoms with van der Waals surface area (Å²) in [5, 5.41) is 3.66. The highest BCUT2D eigenvalue weighted by molar-refractivity contribution is 6.06. The van der Waals surface area contributed by atoms with E-state index in [-0.39, 0.29) is 30.3 Å². The molecule has 0 aliphatic carbocycles. The number of hydrogen-bond donors (Lipinski definition) is 1. The zero-order chi connectivity index (χ0) is 21.1. The molecule has 0 spiro atoms. The van der Waals surface area contributed by atoms with Gasteiger partial charge in [0.25, 0.3) is 0 Å². The third-order valence-electron chi connectivity index (χ3n) is 5.20. The highest BCUT2D eigenvalue weighted by Crippen LogP contribution is 2.34. The third-order valence-corrected chi connectivity index (χ3v) is 5.20. The van der Waals surface area contributed by atoms with Crippen LogP contribution in [0, 0.1) is 18.7 Å². The molecule has 1 aliphatic rings. The lowest BCUT2D eigenvalue weighted by atomic mass is 10.00. The van der Waals surface area contributed by atoms with Crippen LogP contribution in [0.4, 0.5) is 10.1 Å². The number of nitrogens with one attached hydrogen (secondary N) is 1. The van der Waals surface area contributed by atoms with Crippen LogP contribution in [0.25, 0.3) is 10.9 Å². The molecule has 6 nitrogen and oxygen atoms in total. The van der Waals surface area contributed by atoms with Gasteiger partial charge in [-0.3, -0.25) is 9.78 Å². The van der Waals surface area contributed by atoms with Crippen LogP contribution < -0.4 is 10.2 Å². The SMILES string of the molecule is CCOC(=O)c1cnc2c(C)cc(F)cc2c1N1CCCC(NC(=O)C(C)C)C1. The van der Waals surface area contributed by atoms with E-state index in [1.807, 2.05) is 18.7 Å². The van der Waals surface area contributed by atoms with Gasteiger partial charge in [0.2, 0.25) is 5.91 Å². The minimum absolute atomic E-state index is 0.00365. The number of aromatic nitrogens is 1. The fraction of sp³-hybridized carbons (Fsp3) is 0.500. The van der Waals surface area contributed by atoms with E-state index in [4.69, 9.17) is 4.74 Å². The van der Waals surface area contributed by atoms with Crippen LogP contribution in [0.15, 0.2) is 18.3 Å². The first-order valence-corrected chi connectivity index (χ1v) is 10.1. The van der Waals surface area contributed by atoms with Crippen molar-refractivity contribution in [3.05, 3.63) is 35.3 Å². The summed E-state index contributed by atoms with van der Waals surface area (Å²) >= 11 is 0. The summed E-state index contributed by atoms with van der Waals surface area (Å²) in [6.45, 7) is 8.75. The van der Waals surface area contributed by atoms with Gasteiger partial charge in [0, 0.05) is 36.6 Å². The molecule has 7 heteroatoms. The molecule has 1 unspecified atom stereocenters. The van der Waals surface area contributed by atoms with E-state index in [1.54, 1.807) is 13.8 Å². The number of carbonyl (C=O) groups excluding carboxylic acids is 2. The number of aryl methyl sites for hydroxylation is 1. The van der Waals surface area contributed by atoms with Crippen LogP contribution in [-0.4, -0.2) is 42.6 Å². The van der Waals surface area contributed by atoms with Gasteiger partial charge in [0.05, 0.1) is 17.8 Å². The van der Waals surface area contributed by atoms with Gasteiger partial charge in [-0.25, -0.2) is 9.18 Å². The molecule has 156 valence electrons. The first kappa shape index (κ1) is 21.0. The number of benzene rings is 1. The van der Waals surface area contributed by atoms with Crippen LogP contribution in [0.3, 0.4) is 0 Å². The van der Waals surface area contributed by atoms with Gasteiger partial charge in [-0.2, -0.15) is 0 Å². The number of halogens is 1. The quantitative estimate of drug-likeness (QED) is 0.775. The zero-order valence-electron chi connectivity index (χ0n) is 17.4. The summed E-state index contributed by atoms with van der Waals surface area (Å²) in [7, 11) is 0. The Labute approximate surface area is 170 Å². The molecule has 1 N–H and O–H groups in total. The van der Waals surface area contributed by atoms with Gasteiger partial charge >= 0.3 is 5.97 Å². The highest BCUT2D eigenvalue weighted by atomic mass is 19.1. The van der Waals surface area contributed by atoms with Gasteiger partial charge in [0.15, 0.2) is 0 Å². The summed E-state index contributed by atoms with van der Waals surface area (Å²) in [6.07, 6.45) is 3.22. The summed E-state index contributed by atoms with van der Waals surface area (Å²) < 4.78 is 19.5. The van der Waals surface area contributed by atoms with Crippen molar-refractivity contribution < 1.29 is 18.7 Å². The predicted molar refractivity (Wildman–Crippen MR) is 111 cm³/mol. The number of rotatable bonds is 5. The van der Waals surface area contributed by atoms with Crippen molar-refractivity contribution in [3.8, 4) is 0 Å². The van der Waals surface area contributed by atoms with Crippen LogP contribution in [0.1, 0.15) is 49.5 Å². The van der Waals surface area contributed by atoms with Gasteiger partial charge < -0.3 is 15.0 Å². The number of amides is 1. The molecular formula is C22H28FN3O3. The summed E-state index contributed by atoms with van der Waals surface area (Å²) in [5.41, 5.74) is 2.31. The Morgan fingerprint density at radius 2 is 2.14 bits per heavy atom. The maximum atomic E-state index is 14.2. The number of esters is 1. The maximum Gasteiger partial charge on any atom is 0.341 e. The van der Waals surface area contributed by atoms with Crippen LogP contribution >= 0.6 is 0 Å². The summed E-state index contributed by atoms with van der Waals surface area (Å²) in [4.78, 5) is 31.2. The zero-order valence-corrected chi connectivity index (χ0v) is 17.4. The van der Waals surface area contributed by atoms with Crippen molar-refractivity contribution in [2.75, 3.05) is 24.6 Å². The second-order valence-corrected chi connectivity index (χ2v) is 7.81. The first-order valence-electron chi connectivity index (χ1n) is 10.1. The van der Waals surface area contributed by atoms with Crippen LogP contribution in [-0.2, 0) is 9.53 Å². The average molecular weight is 401 g/mol. The summed E-state index contributed by atoms with van der Waals surface area (Å²) in [5.74, 6) is -0.948. The molecule has 1 saturated heterocycles. The van der Waals surface area contributed by atoms with Crippen molar-refractivity contribution in [3.63, 3.8) is 0 Å². The molecule has 1 aromatic heterocycles. The van der Waals surface area contributed by atoms with Crippen molar-refractivity contribution in [2.45, 2.75) is 46.6 Å². The van der Waals surface area contributed by atoms with Crippen molar-refractivity contribution >= 4 is 28.5 Å². The Bertz CT molecular complexity index is 929. The van der Waals surface area contributed by atoms with Crippen molar-refractivity contribution in [2.24, 2.45) is 5.92 Å². The largest absolute Gasteiger partial charge is 0.462 e. The molecule has 0 radical (unpaired) electrons. The molecule has 1 atom stereocenters. The van der Waals surface area contributed by atoms with Crippen LogP contribution in [0.5, 0.6) is 0 Å². The molecule has 0 bridgehead atoms. The normalized spacial score (nSPS) is 16.9. The average Bonchev–Trinajstić information content (AvgIpc) is 2.67. The molecule has 1 aromatic carbocycles. The smallest absolute Gasteiger partial charge is 0.341 e. The third kappa shape index (κ3) is 4.49. The standard InChI is InChI=1S/C22H28FN3O3/c1-5-29-22(28)18-11-24-19-14(4)9-15(23)10-17(19)20(18)26-8-6-7-16(12-26)25-21(27)13(2)3/h9-11,13,16H,5-8,12H2,1-4H3,(H,25,27). The van der Waals surface area contributed by atoms with E-state index in [1.165, 1.54) is 18.3 Å². The number of ether oxygens (including phenoxy) is 1. The van der Waals surface area contributed by atoms with E-state index in [0.29, 0.717) is 40.8 Å². The number of carbonyl (C=O) groups is 2. The lowest BCUT2D eigenvalue weighted by Crippen LogP contribution is -2.49. The lowest BCUT2D eigenvalue weighted by Gasteiger charge is -2.36. The number of fused-ring (bicyclic) bond motifs is 1. The fourth-order valence-corrected chi connectivity index (χ4v) is 3.79. The molecule has 3 rings (SSSR count). The topological polar surface area (TPSA) is 71.5 Å².